The summed E-state index contributed by atoms with van der Waals surface area (Å²) in [5.41, 5.74) is 0.742. The van der Waals surface area contributed by atoms with Gasteiger partial charge >= 0.3 is 0 Å². The Morgan fingerprint density at radius 2 is 1.94 bits per heavy atom. The molecular formula is C11H12ClN3O. The van der Waals surface area contributed by atoms with Crippen LogP contribution in [0.15, 0.2) is 29.4 Å². The van der Waals surface area contributed by atoms with E-state index in [1.807, 2.05) is 19.0 Å². The molecule has 5 heteroatoms. The van der Waals surface area contributed by atoms with E-state index in [0.29, 0.717) is 11.4 Å². The third-order valence-electron chi connectivity index (χ3n) is 2.35. The highest BCUT2D eigenvalue weighted by Crippen LogP contribution is 2.22. The van der Waals surface area contributed by atoms with E-state index in [1.165, 1.54) is 5.01 Å². The van der Waals surface area contributed by atoms with Gasteiger partial charge < -0.3 is 4.90 Å². The fourth-order valence-corrected chi connectivity index (χ4v) is 1.57. The summed E-state index contributed by atoms with van der Waals surface area (Å²) in [6.07, 6.45) is 0.343. The third-order valence-corrected chi connectivity index (χ3v) is 2.60. The lowest BCUT2D eigenvalue weighted by atomic mass is 10.3. The molecule has 0 atom stereocenters. The molecule has 0 fully saturated rings. The average Bonchev–Trinajstić information content (AvgIpc) is 2.62. The molecule has 0 spiro atoms. The average molecular weight is 238 g/mol. The molecule has 0 aliphatic carbocycles. The molecule has 1 aromatic rings. The van der Waals surface area contributed by atoms with Gasteiger partial charge in [-0.1, -0.05) is 11.6 Å². The van der Waals surface area contributed by atoms with Gasteiger partial charge in [0.25, 0.3) is 5.91 Å². The molecule has 16 heavy (non-hydrogen) atoms. The van der Waals surface area contributed by atoms with Crippen LogP contribution in [0.5, 0.6) is 0 Å². The normalized spacial score (nSPS) is 15.3. The molecule has 2 rings (SSSR count). The molecule has 0 saturated heterocycles. The number of rotatable bonds is 1. The lowest BCUT2D eigenvalue weighted by Gasteiger charge is -2.11. The standard InChI is InChI=1S/C11H12ClN3O/c1-14(2)10-7-11(16)15(13-10)9-5-3-8(12)4-6-9/h3-6H,7H2,1-2H3. The van der Waals surface area contributed by atoms with Gasteiger partial charge in [0.1, 0.15) is 5.84 Å². The highest BCUT2D eigenvalue weighted by molar-refractivity contribution is 6.30. The molecule has 0 aromatic heterocycles. The second kappa shape index (κ2) is 4.14. The minimum atomic E-state index is -0.0222. The van der Waals surface area contributed by atoms with Crippen LogP contribution >= 0.6 is 11.6 Å². The van der Waals surface area contributed by atoms with Crippen LogP contribution in [0, 0.1) is 0 Å². The quantitative estimate of drug-likeness (QED) is 0.749. The van der Waals surface area contributed by atoms with Crippen LogP contribution in [-0.2, 0) is 4.79 Å². The fourth-order valence-electron chi connectivity index (χ4n) is 1.45. The smallest absolute Gasteiger partial charge is 0.255 e. The SMILES string of the molecule is CN(C)C1=NN(c2ccc(Cl)cc2)C(=O)C1. The molecular weight excluding hydrogens is 226 g/mol. The maximum absolute atomic E-state index is 11.7. The number of hydrogen-bond acceptors (Lipinski definition) is 3. The predicted octanol–water partition coefficient (Wildman–Crippen LogP) is 1.95. The molecule has 1 amide bonds. The van der Waals surface area contributed by atoms with E-state index in [1.54, 1.807) is 24.3 Å². The lowest BCUT2D eigenvalue weighted by molar-refractivity contribution is -0.116. The zero-order valence-electron chi connectivity index (χ0n) is 9.14. The van der Waals surface area contributed by atoms with E-state index in [4.69, 9.17) is 11.6 Å². The van der Waals surface area contributed by atoms with Gasteiger partial charge in [0.05, 0.1) is 12.1 Å². The Balaban J connectivity index is 2.28. The second-order valence-corrected chi connectivity index (χ2v) is 4.21. The highest BCUT2D eigenvalue weighted by Gasteiger charge is 2.25. The number of amides is 1. The van der Waals surface area contributed by atoms with Gasteiger partial charge in [0.15, 0.2) is 0 Å². The molecule has 0 unspecified atom stereocenters. The number of nitrogens with zero attached hydrogens (tertiary/aromatic N) is 3. The van der Waals surface area contributed by atoms with Crippen LogP contribution in [0.4, 0.5) is 5.69 Å². The first-order valence-corrected chi connectivity index (χ1v) is 5.29. The number of hydrogen-bond donors (Lipinski definition) is 0. The minimum Gasteiger partial charge on any atom is -0.364 e. The monoisotopic (exact) mass is 237 g/mol. The number of benzene rings is 1. The molecule has 1 heterocycles. The molecule has 0 N–H and O–H groups in total. The van der Waals surface area contributed by atoms with Crippen molar-refractivity contribution in [2.45, 2.75) is 6.42 Å². The Hall–Kier alpha value is -1.55. The molecule has 0 radical (unpaired) electrons. The summed E-state index contributed by atoms with van der Waals surface area (Å²) in [5, 5.41) is 6.31. The molecule has 1 aliphatic heterocycles. The summed E-state index contributed by atoms with van der Waals surface area (Å²) in [6, 6.07) is 7.05. The van der Waals surface area contributed by atoms with Gasteiger partial charge in [-0.25, -0.2) is 0 Å². The Labute approximate surface area is 99.1 Å². The van der Waals surface area contributed by atoms with Crippen molar-refractivity contribution in [2.75, 3.05) is 19.1 Å². The topological polar surface area (TPSA) is 35.9 Å². The zero-order chi connectivity index (χ0) is 11.7. The van der Waals surface area contributed by atoms with E-state index in [2.05, 4.69) is 5.10 Å². The van der Waals surface area contributed by atoms with Gasteiger partial charge in [-0.2, -0.15) is 10.1 Å². The molecule has 1 aromatic carbocycles. The minimum absolute atomic E-state index is 0.0222. The number of carbonyl (C=O) groups excluding carboxylic acids is 1. The van der Waals surface area contributed by atoms with Crippen molar-refractivity contribution in [3.8, 4) is 0 Å². The molecule has 0 bridgehead atoms. The van der Waals surface area contributed by atoms with Gasteiger partial charge in [0, 0.05) is 19.1 Å². The van der Waals surface area contributed by atoms with Crippen molar-refractivity contribution in [1.82, 2.24) is 4.90 Å². The number of carbonyl (C=O) groups is 1. The van der Waals surface area contributed by atoms with Gasteiger partial charge in [0.2, 0.25) is 0 Å². The van der Waals surface area contributed by atoms with Crippen LogP contribution in [0.3, 0.4) is 0 Å². The molecule has 84 valence electrons. The summed E-state index contributed by atoms with van der Waals surface area (Å²) in [4.78, 5) is 13.6. The maximum Gasteiger partial charge on any atom is 0.255 e. The summed E-state index contributed by atoms with van der Waals surface area (Å²) >= 11 is 5.79. The Kier molecular flexibility index (Phi) is 2.83. The van der Waals surface area contributed by atoms with Crippen LogP contribution < -0.4 is 5.01 Å². The van der Waals surface area contributed by atoms with E-state index in [-0.39, 0.29) is 5.91 Å². The van der Waals surface area contributed by atoms with Crippen molar-refractivity contribution in [3.05, 3.63) is 29.3 Å². The molecule has 4 nitrogen and oxygen atoms in total. The third kappa shape index (κ3) is 2.02. The summed E-state index contributed by atoms with van der Waals surface area (Å²) in [7, 11) is 3.74. The van der Waals surface area contributed by atoms with Crippen LogP contribution in [0.25, 0.3) is 0 Å². The largest absolute Gasteiger partial charge is 0.364 e. The zero-order valence-corrected chi connectivity index (χ0v) is 9.90. The summed E-state index contributed by atoms with van der Waals surface area (Å²) < 4.78 is 0. The molecule has 0 saturated carbocycles. The maximum atomic E-state index is 11.7. The van der Waals surface area contributed by atoms with Gasteiger partial charge in [-0.3, -0.25) is 4.79 Å². The Bertz CT molecular complexity index is 439. The van der Waals surface area contributed by atoms with Gasteiger partial charge in [-0.05, 0) is 24.3 Å². The summed E-state index contributed by atoms with van der Waals surface area (Å²) in [6.45, 7) is 0. The van der Waals surface area contributed by atoms with Crippen molar-refractivity contribution in [3.63, 3.8) is 0 Å². The van der Waals surface area contributed by atoms with Crippen molar-refractivity contribution in [2.24, 2.45) is 5.10 Å². The second-order valence-electron chi connectivity index (χ2n) is 3.77. The first-order valence-electron chi connectivity index (χ1n) is 4.91. The molecule has 1 aliphatic rings. The van der Waals surface area contributed by atoms with Crippen LogP contribution in [-0.4, -0.2) is 30.7 Å². The van der Waals surface area contributed by atoms with Crippen molar-refractivity contribution in [1.29, 1.82) is 0 Å². The number of hydrazone groups is 1. The first-order chi connectivity index (χ1) is 7.58. The van der Waals surface area contributed by atoms with Crippen molar-refractivity contribution >= 4 is 29.0 Å². The van der Waals surface area contributed by atoms with E-state index in [0.717, 1.165) is 11.5 Å². The lowest BCUT2D eigenvalue weighted by Crippen LogP contribution is -2.21. The Morgan fingerprint density at radius 1 is 1.31 bits per heavy atom. The predicted molar refractivity (Wildman–Crippen MR) is 64.7 cm³/mol. The van der Waals surface area contributed by atoms with Gasteiger partial charge in [-0.15, -0.1) is 0 Å². The first kappa shape index (κ1) is 11.0. The number of halogens is 1. The number of amidine groups is 1. The van der Waals surface area contributed by atoms with E-state index >= 15 is 0 Å². The van der Waals surface area contributed by atoms with E-state index in [9.17, 15) is 4.79 Å². The fraction of sp³-hybridized carbons (Fsp3) is 0.273. The Morgan fingerprint density at radius 3 is 2.44 bits per heavy atom. The van der Waals surface area contributed by atoms with Crippen molar-refractivity contribution < 1.29 is 4.79 Å². The van der Waals surface area contributed by atoms with Crippen LogP contribution in [0.2, 0.25) is 5.02 Å². The van der Waals surface area contributed by atoms with Crippen LogP contribution in [0.1, 0.15) is 6.42 Å². The van der Waals surface area contributed by atoms with E-state index < -0.39 is 0 Å². The highest BCUT2D eigenvalue weighted by atomic mass is 35.5. The number of anilines is 1. The summed E-state index contributed by atoms with van der Waals surface area (Å²) in [5.74, 6) is 0.742.